The van der Waals surface area contributed by atoms with Crippen LogP contribution in [0.2, 0.25) is 0 Å². The topological polar surface area (TPSA) is 198 Å². The average Bonchev–Trinajstić information content (AvgIpc) is 2.41. The van der Waals surface area contributed by atoms with Crippen LogP contribution in [0.3, 0.4) is 0 Å². The Hall–Kier alpha value is -2.60. The van der Waals surface area contributed by atoms with Gasteiger partial charge in [0.05, 0.1) is 12.8 Å². The number of nitrogens with zero attached hydrogens (tertiary/aromatic N) is 2. The van der Waals surface area contributed by atoms with Crippen molar-refractivity contribution in [2.75, 3.05) is 0 Å². The number of carbonyl (C=O) groups is 4. The fourth-order valence-corrected chi connectivity index (χ4v) is 1.37. The normalized spacial score (nSPS) is 16.4. The molecule has 0 aromatic heterocycles. The van der Waals surface area contributed by atoms with E-state index in [1.165, 1.54) is 11.0 Å². The maximum atomic E-state index is 11.5. The summed E-state index contributed by atoms with van der Waals surface area (Å²) < 4.78 is 0. The summed E-state index contributed by atoms with van der Waals surface area (Å²) in [5, 5.41) is 41.5. The van der Waals surface area contributed by atoms with E-state index >= 15 is 0 Å². The van der Waals surface area contributed by atoms with Crippen LogP contribution < -0.4 is 11.0 Å². The molecule has 0 aliphatic rings. The van der Waals surface area contributed by atoms with E-state index in [0.29, 0.717) is 0 Å². The molecule has 0 spiro atoms. The smallest absolute Gasteiger partial charge is 0.306 e. The number of azo groups is 1. The van der Waals surface area contributed by atoms with E-state index < -0.39 is 47.7 Å². The van der Waals surface area contributed by atoms with Crippen LogP contribution in [0.25, 0.3) is 0 Å². The van der Waals surface area contributed by atoms with Gasteiger partial charge < -0.3 is 10.2 Å². The Morgan fingerprint density at radius 1 is 0.818 bits per heavy atom. The van der Waals surface area contributed by atoms with Gasteiger partial charge in [-0.3, -0.25) is 29.6 Å². The lowest BCUT2D eigenvalue weighted by molar-refractivity contribution is -0.145. The van der Waals surface area contributed by atoms with Crippen LogP contribution in [0.1, 0.15) is 26.7 Å². The zero-order valence-electron chi connectivity index (χ0n) is 11.7. The average molecular weight is 320 g/mol. The molecule has 0 saturated carbocycles. The van der Waals surface area contributed by atoms with Crippen molar-refractivity contribution in [1.82, 2.24) is 11.0 Å². The lowest BCUT2D eigenvalue weighted by atomic mass is 9.97. The van der Waals surface area contributed by atoms with Gasteiger partial charge in [-0.25, -0.2) is 11.0 Å². The minimum Gasteiger partial charge on any atom is -0.481 e. The number of hydrogen-bond acceptors (Lipinski definition) is 8. The molecule has 0 aliphatic heterocycles. The molecule has 12 heteroatoms. The Bertz CT molecular complexity index is 463. The highest BCUT2D eigenvalue weighted by atomic mass is 16.5. The fraction of sp³-hybridized carbons (Fsp3) is 0.600. The van der Waals surface area contributed by atoms with Crippen LogP contribution >= 0.6 is 0 Å². The molecule has 6 N–H and O–H groups in total. The van der Waals surface area contributed by atoms with Gasteiger partial charge in [-0.1, -0.05) is 0 Å². The second-order valence-corrected chi connectivity index (χ2v) is 4.77. The molecule has 22 heavy (non-hydrogen) atoms. The molecule has 124 valence electrons. The summed E-state index contributed by atoms with van der Waals surface area (Å²) in [5.41, 5.74) is -1.76. The zero-order valence-corrected chi connectivity index (χ0v) is 11.7. The van der Waals surface area contributed by atoms with E-state index in [1.807, 2.05) is 0 Å². The largest absolute Gasteiger partial charge is 0.481 e. The molecule has 12 nitrogen and oxygen atoms in total. The monoisotopic (exact) mass is 320 g/mol. The lowest BCUT2D eigenvalue weighted by Crippen LogP contribution is -2.46. The van der Waals surface area contributed by atoms with Gasteiger partial charge in [0.25, 0.3) is 11.8 Å². The molecule has 0 aromatic carbocycles. The van der Waals surface area contributed by atoms with Gasteiger partial charge in [-0.2, -0.15) is 10.2 Å². The van der Waals surface area contributed by atoms with Gasteiger partial charge in [0, 0.05) is 0 Å². The maximum absolute atomic E-state index is 11.5. The van der Waals surface area contributed by atoms with Gasteiger partial charge in [-0.15, -0.1) is 0 Å². The van der Waals surface area contributed by atoms with Crippen LogP contribution in [0.4, 0.5) is 0 Å². The SMILES string of the molecule is CC(CC(=O)O)(N=NC(C)(CC(=O)O)C(=O)NO)C(=O)NO. The van der Waals surface area contributed by atoms with Crippen LogP contribution in [-0.2, 0) is 19.2 Å². The van der Waals surface area contributed by atoms with Gasteiger partial charge >= 0.3 is 11.9 Å². The van der Waals surface area contributed by atoms with E-state index in [4.69, 9.17) is 20.6 Å². The van der Waals surface area contributed by atoms with Gasteiger partial charge in [0.15, 0.2) is 11.1 Å². The summed E-state index contributed by atoms with van der Waals surface area (Å²) in [6.45, 7) is 2.02. The summed E-state index contributed by atoms with van der Waals surface area (Å²) >= 11 is 0. The number of aliphatic carboxylic acids is 2. The number of hydroxylamine groups is 2. The summed E-state index contributed by atoms with van der Waals surface area (Å²) in [4.78, 5) is 44.5. The standard InChI is InChI=1S/C10H16N4O8/c1-9(3-5(15)16,7(19)11-21)13-14-10(2,4-6(17)18)8(20)12-22/h21-22H,3-4H2,1-2H3,(H,11,19)(H,12,20)(H,15,16)(H,17,18). The number of hydrogen-bond donors (Lipinski definition) is 6. The van der Waals surface area contributed by atoms with E-state index in [1.54, 1.807) is 0 Å². The third-order valence-electron chi connectivity index (χ3n) is 2.66. The molecule has 0 fully saturated rings. The molecule has 0 aliphatic carbocycles. The molecule has 0 saturated heterocycles. The van der Waals surface area contributed by atoms with Gasteiger partial charge in [0.2, 0.25) is 0 Å². The van der Waals surface area contributed by atoms with Crippen molar-refractivity contribution < 1.29 is 39.8 Å². The number of carboxylic acids is 2. The maximum Gasteiger partial charge on any atom is 0.306 e. The second kappa shape index (κ2) is 7.42. The number of carbonyl (C=O) groups excluding carboxylic acids is 2. The molecule has 0 rings (SSSR count). The van der Waals surface area contributed by atoms with Crippen molar-refractivity contribution in [2.24, 2.45) is 10.2 Å². The van der Waals surface area contributed by atoms with Crippen molar-refractivity contribution >= 4 is 23.8 Å². The van der Waals surface area contributed by atoms with Crippen LogP contribution in [0, 0.1) is 0 Å². The first-order valence-corrected chi connectivity index (χ1v) is 5.77. The van der Waals surface area contributed by atoms with Crippen LogP contribution in [0.15, 0.2) is 10.2 Å². The Balaban J connectivity index is 5.66. The number of carboxylic acid groups (broad SMARTS) is 2. The molecular weight excluding hydrogens is 304 g/mol. The van der Waals surface area contributed by atoms with Crippen molar-refractivity contribution in [3.05, 3.63) is 0 Å². The van der Waals surface area contributed by atoms with Crippen molar-refractivity contribution in [3.63, 3.8) is 0 Å². The van der Waals surface area contributed by atoms with Crippen molar-refractivity contribution in [1.29, 1.82) is 0 Å². The Morgan fingerprint density at radius 3 is 1.27 bits per heavy atom. The Kier molecular flexibility index (Phi) is 6.54. The predicted molar refractivity (Wildman–Crippen MR) is 66.0 cm³/mol. The number of rotatable bonds is 8. The van der Waals surface area contributed by atoms with Crippen molar-refractivity contribution in [3.8, 4) is 0 Å². The summed E-state index contributed by atoms with van der Waals surface area (Å²) in [6, 6.07) is 0. The van der Waals surface area contributed by atoms with Crippen LogP contribution in [0.5, 0.6) is 0 Å². The Labute approximate surface area is 123 Å². The second-order valence-electron chi connectivity index (χ2n) is 4.77. The lowest BCUT2D eigenvalue weighted by Gasteiger charge is -2.23. The van der Waals surface area contributed by atoms with Crippen LogP contribution in [-0.4, -0.2) is 55.5 Å². The predicted octanol–water partition coefficient (Wildman–Crippen LogP) is -1.08. The third-order valence-corrected chi connectivity index (χ3v) is 2.66. The minimum atomic E-state index is -2.09. The molecule has 0 bridgehead atoms. The quantitative estimate of drug-likeness (QED) is 0.184. The highest BCUT2D eigenvalue weighted by Gasteiger charge is 2.40. The van der Waals surface area contributed by atoms with Gasteiger partial charge in [0.1, 0.15) is 0 Å². The fourth-order valence-electron chi connectivity index (χ4n) is 1.37. The van der Waals surface area contributed by atoms with E-state index in [-0.39, 0.29) is 0 Å². The zero-order chi connectivity index (χ0) is 17.6. The number of nitrogens with one attached hydrogen (secondary N) is 2. The first kappa shape index (κ1) is 19.4. The molecular formula is C10H16N4O8. The first-order chi connectivity index (χ1) is 10.0. The molecule has 0 radical (unpaired) electrons. The molecule has 2 unspecified atom stereocenters. The van der Waals surface area contributed by atoms with E-state index in [0.717, 1.165) is 13.8 Å². The summed E-state index contributed by atoms with van der Waals surface area (Å²) in [7, 11) is 0. The summed E-state index contributed by atoms with van der Waals surface area (Å²) in [5.74, 6) is -5.34. The first-order valence-electron chi connectivity index (χ1n) is 5.77. The van der Waals surface area contributed by atoms with E-state index in [2.05, 4.69) is 10.2 Å². The molecule has 0 aromatic rings. The highest BCUT2D eigenvalue weighted by molar-refractivity contribution is 5.90. The Morgan fingerprint density at radius 2 is 1.09 bits per heavy atom. The van der Waals surface area contributed by atoms with E-state index in [9.17, 15) is 19.2 Å². The van der Waals surface area contributed by atoms with Crippen molar-refractivity contribution in [2.45, 2.75) is 37.8 Å². The third kappa shape index (κ3) is 5.06. The highest BCUT2D eigenvalue weighted by Crippen LogP contribution is 2.23. The molecule has 2 amide bonds. The van der Waals surface area contributed by atoms with Gasteiger partial charge in [-0.05, 0) is 13.8 Å². The number of amides is 2. The molecule has 2 atom stereocenters. The minimum absolute atomic E-state index is 0.882. The summed E-state index contributed by atoms with van der Waals surface area (Å²) in [6.07, 6.45) is -1.76. The molecule has 0 heterocycles.